The van der Waals surface area contributed by atoms with Crippen LogP contribution in [-0.4, -0.2) is 13.6 Å². The summed E-state index contributed by atoms with van der Waals surface area (Å²) in [5, 5.41) is 3.52. The SMILES string of the molecule is CC=c1c(=C(Cc2ccccc2)NS(=O)(=O)c2ccc(Cl)cc2)[nH]oc1=O. The number of H-pyrrole nitrogens is 1. The molecule has 1 heterocycles. The van der Waals surface area contributed by atoms with E-state index in [-0.39, 0.29) is 16.5 Å². The molecule has 0 aliphatic rings. The molecule has 0 bridgehead atoms. The first kappa shape index (κ1) is 19.0. The number of rotatable bonds is 5. The maximum absolute atomic E-state index is 12.8. The smallest absolute Gasteiger partial charge is 0.338 e. The average molecular weight is 405 g/mol. The van der Waals surface area contributed by atoms with Crippen LogP contribution in [0.4, 0.5) is 0 Å². The number of aromatic nitrogens is 1. The molecule has 0 atom stereocenters. The molecule has 0 unspecified atom stereocenters. The summed E-state index contributed by atoms with van der Waals surface area (Å²) < 4.78 is 33.1. The monoisotopic (exact) mass is 404 g/mol. The van der Waals surface area contributed by atoms with E-state index in [4.69, 9.17) is 16.1 Å². The van der Waals surface area contributed by atoms with E-state index < -0.39 is 15.6 Å². The molecule has 0 amide bonds. The summed E-state index contributed by atoms with van der Waals surface area (Å²) in [6.45, 7) is 1.68. The third-order valence-electron chi connectivity index (χ3n) is 3.93. The Bertz CT molecular complexity index is 1210. The zero-order chi connectivity index (χ0) is 19.4. The van der Waals surface area contributed by atoms with Crippen LogP contribution in [0.1, 0.15) is 12.5 Å². The zero-order valence-electron chi connectivity index (χ0n) is 14.4. The van der Waals surface area contributed by atoms with Gasteiger partial charge in [0.05, 0.1) is 15.8 Å². The van der Waals surface area contributed by atoms with Gasteiger partial charge in [-0.3, -0.25) is 4.72 Å². The van der Waals surface area contributed by atoms with Crippen molar-refractivity contribution in [3.05, 3.63) is 86.2 Å². The van der Waals surface area contributed by atoms with Crippen molar-refractivity contribution in [2.24, 2.45) is 0 Å². The summed E-state index contributed by atoms with van der Waals surface area (Å²) in [6.07, 6.45) is 1.82. The number of halogens is 1. The summed E-state index contributed by atoms with van der Waals surface area (Å²) in [5.41, 5.74) is 0.606. The number of sulfonamides is 1. The predicted octanol–water partition coefficient (Wildman–Crippen LogP) is 1.75. The molecule has 0 fully saturated rings. The number of benzene rings is 2. The largest absolute Gasteiger partial charge is 0.364 e. The Morgan fingerprint density at radius 1 is 1.15 bits per heavy atom. The third kappa shape index (κ3) is 4.32. The molecule has 3 rings (SSSR count). The Kier molecular flexibility index (Phi) is 5.53. The van der Waals surface area contributed by atoms with Gasteiger partial charge in [-0.25, -0.2) is 18.4 Å². The third-order valence-corrected chi connectivity index (χ3v) is 5.59. The fraction of sp³-hybridized carbons (Fsp3) is 0.105. The Morgan fingerprint density at radius 2 is 1.81 bits per heavy atom. The molecule has 27 heavy (non-hydrogen) atoms. The normalized spacial score (nSPS) is 13.5. The number of nitrogens with one attached hydrogen (secondary N) is 2. The number of hydrogen-bond donors (Lipinski definition) is 2. The van der Waals surface area contributed by atoms with E-state index in [9.17, 15) is 13.2 Å². The predicted molar refractivity (Wildman–Crippen MR) is 104 cm³/mol. The molecule has 0 saturated heterocycles. The van der Waals surface area contributed by atoms with E-state index in [2.05, 4.69) is 9.88 Å². The van der Waals surface area contributed by atoms with Crippen molar-refractivity contribution in [2.45, 2.75) is 18.2 Å². The second-order valence-electron chi connectivity index (χ2n) is 5.77. The van der Waals surface area contributed by atoms with E-state index in [1.165, 1.54) is 24.3 Å². The van der Waals surface area contributed by atoms with Crippen LogP contribution in [0.15, 0.2) is 68.8 Å². The average Bonchev–Trinajstić information content (AvgIpc) is 3.03. The Morgan fingerprint density at radius 3 is 2.44 bits per heavy atom. The number of hydrogen-bond acceptors (Lipinski definition) is 4. The minimum absolute atomic E-state index is 0.0605. The van der Waals surface area contributed by atoms with Gasteiger partial charge in [-0.15, -0.1) is 0 Å². The summed E-state index contributed by atoms with van der Waals surface area (Å²) in [7, 11) is -3.88. The Balaban J connectivity index is 2.13. The molecular weight excluding hydrogens is 388 g/mol. The molecule has 1 aromatic heterocycles. The summed E-state index contributed by atoms with van der Waals surface area (Å²) in [6, 6.07) is 15.1. The maximum atomic E-state index is 12.8. The van der Waals surface area contributed by atoms with Crippen molar-refractivity contribution in [2.75, 3.05) is 0 Å². The van der Waals surface area contributed by atoms with Gasteiger partial charge in [0.15, 0.2) is 0 Å². The van der Waals surface area contributed by atoms with Crippen molar-refractivity contribution >= 4 is 33.4 Å². The van der Waals surface area contributed by atoms with Gasteiger partial charge in [-0.2, -0.15) is 0 Å². The molecule has 140 valence electrons. The van der Waals surface area contributed by atoms with Gasteiger partial charge < -0.3 is 4.52 Å². The van der Waals surface area contributed by atoms with Crippen LogP contribution < -0.4 is 20.9 Å². The molecular formula is C19H17ClN2O4S. The highest BCUT2D eigenvalue weighted by atomic mass is 35.5. The Hall–Kier alpha value is -2.77. The maximum Gasteiger partial charge on any atom is 0.364 e. The minimum atomic E-state index is -3.88. The van der Waals surface area contributed by atoms with Crippen LogP contribution in [-0.2, 0) is 16.4 Å². The highest BCUT2D eigenvalue weighted by Crippen LogP contribution is 2.15. The van der Waals surface area contributed by atoms with Crippen molar-refractivity contribution in [1.82, 2.24) is 9.88 Å². The molecule has 0 spiro atoms. The molecule has 0 radical (unpaired) electrons. The summed E-state index contributed by atoms with van der Waals surface area (Å²) in [5.74, 6) is 0. The lowest BCUT2D eigenvalue weighted by Gasteiger charge is -2.12. The molecule has 2 N–H and O–H groups in total. The second kappa shape index (κ2) is 7.85. The van der Waals surface area contributed by atoms with Crippen LogP contribution >= 0.6 is 11.6 Å². The molecule has 0 saturated carbocycles. The van der Waals surface area contributed by atoms with E-state index >= 15 is 0 Å². The van der Waals surface area contributed by atoms with Gasteiger partial charge in [0.1, 0.15) is 5.35 Å². The lowest BCUT2D eigenvalue weighted by Crippen LogP contribution is -2.39. The van der Waals surface area contributed by atoms with Crippen LogP contribution in [0, 0.1) is 0 Å². The van der Waals surface area contributed by atoms with Gasteiger partial charge in [0.25, 0.3) is 10.0 Å². The van der Waals surface area contributed by atoms with Crippen molar-refractivity contribution in [3.63, 3.8) is 0 Å². The quantitative estimate of drug-likeness (QED) is 0.677. The lowest BCUT2D eigenvalue weighted by molar-refractivity contribution is 0.385. The van der Waals surface area contributed by atoms with Crippen LogP contribution in [0.2, 0.25) is 5.02 Å². The topological polar surface area (TPSA) is 92.2 Å². The van der Waals surface area contributed by atoms with Gasteiger partial charge in [-0.1, -0.05) is 48.0 Å². The zero-order valence-corrected chi connectivity index (χ0v) is 16.0. The first-order chi connectivity index (χ1) is 12.9. The molecule has 3 aromatic rings. The van der Waals surface area contributed by atoms with Crippen LogP contribution in [0.3, 0.4) is 0 Å². The minimum Gasteiger partial charge on any atom is -0.338 e. The fourth-order valence-corrected chi connectivity index (χ4v) is 3.84. The Labute approximate surface area is 160 Å². The highest BCUT2D eigenvalue weighted by molar-refractivity contribution is 7.89. The van der Waals surface area contributed by atoms with Crippen molar-refractivity contribution in [1.29, 1.82) is 0 Å². The summed E-state index contributed by atoms with van der Waals surface area (Å²) in [4.78, 5) is 11.9. The van der Waals surface area contributed by atoms with E-state index in [0.29, 0.717) is 16.1 Å². The lowest BCUT2D eigenvalue weighted by atomic mass is 10.1. The highest BCUT2D eigenvalue weighted by Gasteiger charge is 2.17. The standard InChI is InChI=1S/C19H17ClN2O4S/c1-2-16-18(21-26-19(16)23)17(12-13-6-4-3-5-7-13)22-27(24,25)15-10-8-14(20)9-11-15/h2-11,21-22H,12H2,1H3. The second-order valence-corrected chi connectivity index (χ2v) is 7.89. The molecule has 8 heteroatoms. The van der Waals surface area contributed by atoms with Gasteiger partial charge in [-0.05, 0) is 36.8 Å². The first-order valence-corrected chi connectivity index (χ1v) is 9.96. The van der Waals surface area contributed by atoms with Crippen molar-refractivity contribution in [3.8, 4) is 0 Å². The van der Waals surface area contributed by atoms with E-state index in [1.54, 1.807) is 13.0 Å². The van der Waals surface area contributed by atoms with Crippen molar-refractivity contribution < 1.29 is 12.9 Å². The fourth-order valence-electron chi connectivity index (χ4n) is 2.61. The van der Waals surface area contributed by atoms with Gasteiger partial charge in [0.2, 0.25) is 0 Å². The first-order valence-electron chi connectivity index (χ1n) is 8.10. The number of aromatic amines is 1. The van der Waals surface area contributed by atoms with E-state index in [1.807, 2.05) is 30.3 Å². The van der Waals surface area contributed by atoms with Gasteiger partial charge >= 0.3 is 5.63 Å². The van der Waals surface area contributed by atoms with Crippen LogP contribution in [0.25, 0.3) is 11.8 Å². The van der Waals surface area contributed by atoms with Gasteiger partial charge in [0, 0.05) is 11.4 Å². The molecule has 0 aliphatic heterocycles. The van der Waals surface area contributed by atoms with Crippen LogP contribution in [0.5, 0.6) is 0 Å². The molecule has 6 nitrogen and oxygen atoms in total. The molecule has 2 aromatic carbocycles. The van der Waals surface area contributed by atoms with E-state index in [0.717, 1.165) is 5.56 Å². The summed E-state index contributed by atoms with van der Waals surface area (Å²) >= 11 is 5.84. The molecule has 0 aliphatic carbocycles.